The lowest BCUT2D eigenvalue weighted by atomic mass is 10.1. The molecule has 102 valence electrons. The molecule has 0 aliphatic heterocycles. The van der Waals surface area contributed by atoms with Crippen LogP contribution >= 0.6 is 0 Å². The van der Waals surface area contributed by atoms with Gasteiger partial charge in [0, 0.05) is 12.7 Å². The Morgan fingerprint density at radius 2 is 2.11 bits per heavy atom. The zero-order chi connectivity index (χ0) is 13.7. The molecule has 1 aromatic heterocycles. The molecule has 0 radical (unpaired) electrons. The molecule has 0 aromatic carbocycles. The van der Waals surface area contributed by atoms with Gasteiger partial charge in [-0.25, -0.2) is 18.1 Å². The summed E-state index contributed by atoms with van der Waals surface area (Å²) >= 11 is 0. The average molecular weight is 279 g/mol. The fraction of sp³-hybridized carbons (Fsp3) is 0.538. The van der Waals surface area contributed by atoms with Crippen molar-refractivity contribution in [2.24, 2.45) is 5.92 Å². The number of sulfonamides is 1. The van der Waals surface area contributed by atoms with Crippen molar-refractivity contribution in [1.29, 1.82) is 5.26 Å². The van der Waals surface area contributed by atoms with E-state index in [4.69, 9.17) is 5.26 Å². The van der Waals surface area contributed by atoms with Gasteiger partial charge in [0.05, 0.1) is 0 Å². The largest absolute Gasteiger partial charge is 0.244 e. The van der Waals surface area contributed by atoms with Crippen LogP contribution < -0.4 is 4.72 Å². The highest BCUT2D eigenvalue weighted by atomic mass is 32.2. The van der Waals surface area contributed by atoms with E-state index in [1.165, 1.54) is 44.0 Å². The van der Waals surface area contributed by atoms with Crippen LogP contribution in [0.2, 0.25) is 0 Å². The molecule has 1 aliphatic rings. The minimum Gasteiger partial charge on any atom is -0.244 e. The number of aromatic nitrogens is 1. The molecule has 0 amide bonds. The van der Waals surface area contributed by atoms with Gasteiger partial charge in [-0.3, -0.25) is 0 Å². The lowest BCUT2D eigenvalue weighted by Gasteiger charge is -2.10. The normalized spacial score (nSPS) is 16.4. The van der Waals surface area contributed by atoms with Gasteiger partial charge in [0.15, 0.2) is 0 Å². The van der Waals surface area contributed by atoms with Gasteiger partial charge in [-0.1, -0.05) is 25.7 Å². The summed E-state index contributed by atoms with van der Waals surface area (Å²) in [6.07, 6.45) is 7.05. The van der Waals surface area contributed by atoms with E-state index in [1.54, 1.807) is 0 Å². The number of nitrogens with zero attached hydrogens (tertiary/aromatic N) is 2. The molecule has 1 N–H and O–H groups in total. The number of hydrogen-bond donors (Lipinski definition) is 1. The van der Waals surface area contributed by atoms with Gasteiger partial charge in [-0.05, 0) is 24.5 Å². The van der Waals surface area contributed by atoms with Crippen LogP contribution in [0.15, 0.2) is 23.2 Å². The maximum atomic E-state index is 12.0. The Hall–Kier alpha value is -1.45. The van der Waals surface area contributed by atoms with Gasteiger partial charge < -0.3 is 0 Å². The second-order valence-electron chi connectivity index (χ2n) is 4.83. The summed E-state index contributed by atoms with van der Waals surface area (Å²) in [5, 5.41) is 8.62. The standard InChI is InChI=1S/C13H17N3O2S/c14-9-12-5-6-13(10-15-12)19(17,18)16-8-7-11-3-1-2-4-11/h5-6,10-11,16H,1-4,7-8H2. The van der Waals surface area contributed by atoms with Gasteiger partial charge in [-0.15, -0.1) is 0 Å². The molecule has 19 heavy (non-hydrogen) atoms. The Morgan fingerprint density at radius 1 is 1.37 bits per heavy atom. The molecule has 0 saturated heterocycles. The van der Waals surface area contributed by atoms with E-state index in [0.29, 0.717) is 12.5 Å². The van der Waals surface area contributed by atoms with E-state index in [-0.39, 0.29) is 10.6 Å². The minimum atomic E-state index is -3.50. The summed E-state index contributed by atoms with van der Waals surface area (Å²) in [5.74, 6) is 0.654. The van der Waals surface area contributed by atoms with Crippen molar-refractivity contribution in [3.05, 3.63) is 24.0 Å². The molecule has 0 unspecified atom stereocenters. The van der Waals surface area contributed by atoms with Gasteiger partial charge in [0.25, 0.3) is 0 Å². The van der Waals surface area contributed by atoms with Crippen LogP contribution in [-0.2, 0) is 10.0 Å². The highest BCUT2D eigenvalue weighted by Gasteiger charge is 2.17. The topological polar surface area (TPSA) is 82.8 Å². The van der Waals surface area contributed by atoms with E-state index in [9.17, 15) is 8.42 Å². The van der Waals surface area contributed by atoms with Crippen LogP contribution in [0.25, 0.3) is 0 Å². The summed E-state index contributed by atoms with van der Waals surface area (Å²) < 4.78 is 26.5. The van der Waals surface area contributed by atoms with Crippen molar-refractivity contribution in [3.8, 4) is 6.07 Å². The fourth-order valence-electron chi connectivity index (χ4n) is 2.39. The molecular weight excluding hydrogens is 262 g/mol. The van der Waals surface area contributed by atoms with Crippen LogP contribution in [-0.4, -0.2) is 19.9 Å². The van der Waals surface area contributed by atoms with E-state index in [0.717, 1.165) is 6.42 Å². The van der Waals surface area contributed by atoms with Crippen LogP contribution in [0, 0.1) is 17.2 Å². The number of hydrogen-bond acceptors (Lipinski definition) is 4. The zero-order valence-corrected chi connectivity index (χ0v) is 11.5. The monoisotopic (exact) mass is 279 g/mol. The van der Waals surface area contributed by atoms with Crippen LogP contribution in [0.5, 0.6) is 0 Å². The van der Waals surface area contributed by atoms with Crippen LogP contribution in [0.4, 0.5) is 0 Å². The third-order valence-corrected chi connectivity index (χ3v) is 4.93. The molecule has 2 rings (SSSR count). The summed E-state index contributed by atoms with van der Waals surface area (Å²) in [6.45, 7) is 0.465. The second kappa shape index (κ2) is 6.13. The predicted octanol–water partition coefficient (Wildman–Crippen LogP) is 1.81. The number of nitrogens with one attached hydrogen (secondary N) is 1. The highest BCUT2D eigenvalue weighted by Crippen LogP contribution is 2.27. The third kappa shape index (κ3) is 3.75. The summed E-state index contributed by atoms with van der Waals surface area (Å²) in [4.78, 5) is 3.88. The highest BCUT2D eigenvalue weighted by molar-refractivity contribution is 7.89. The van der Waals surface area contributed by atoms with E-state index < -0.39 is 10.0 Å². The summed E-state index contributed by atoms with van der Waals surface area (Å²) in [6, 6.07) is 4.67. The van der Waals surface area contributed by atoms with E-state index >= 15 is 0 Å². The van der Waals surface area contributed by atoms with Crippen molar-refractivity contribution >= 4 is 10.0 Å². The average Bonchev–Trinajstić information content (AvgIpc) is 2.92. The van der Waals surface area contributed by atoms with Crippen molar-refractivity contribution in [1.82, 2.24) is 9.71 Å². The van der Waals surface area contributed by atoms with E-state index in [1.807, 2.05) is 6.07 Å². The Kier molecular flexibility index (Phi) is 4.51. The molecule has 1 aliphatic carbocycles. The lowest BCUT2D eigenvalue weighted by molar-refractivity contribution is 0.495. The van der Waals surface area contributed by atoms with Crippen molar-refractivity contribution in [2.45, 2.75) is 37.0 Å². The number of nitriles is 1. The fourth-order valence-corrected chi connectivity index (χ4v) is 3.38. The number of rotatable bonds is 5. The molecule has 0 spiro atoms. The second-order valence-corrected chi connectivity index (χ2v) is 6.59. The first-order chi connectivity index (χ1) is 9.12. The van der Waals surface area contributed by atoms with Gasteiger partial charge in [0.2, 0.25) is 10.0 Å². The van der Waals surface area contributed by atoms with Gasteiger partial charge in [-0.2, -0.15) is 5.26 Å². The first-order valence-corrected chi connectivity index (χ1v) is 7.96. The van der Waals surface area contributed by atoms with Crippen LogP contribution in [0.1, 0.15) is 37.8 Å². The maximum Gasteiger partial charge on any atom is 0.242 e. The minimum absolute atomic E-state index is 0.109. The maximum absolute atomic E-state index is 12.0. The molecule has 1 saturated carbocycles. The Bertz CT molecular complexity index is 555. The van der Waals surface area contributed by atoms with Gasteiger partial charge >= 0.3 is 0 Å². The first-order valence-electron chi connectivity index (χ1n) is 6.47. The first kappa shape index (κ1) is 14.0. The SMILES string of the molecule is N#Cc1ccc(S(=O)(=O)NCCC2CCCC2)cn1. The predicted molar refractivity (Wildman–Crippen MR) is 70.7 cm³/mol. The molecule has 1 heterocycles. The summed E-state index contributed by atoms with van der Waals surface area (Å²) in [5.41, 5.74) is 0.213. The number of pyridine rings is 1. The lowest BCUT2D eigenvalue weighted by Crippen LogP contribution is -2.26. The van der Waals surface area contributed by atoms with E-state index in [2.05, 4.69) is 9.71 Å². The Balaban J connectivity index is 1.91. The van der Waals surface area contributed by atoms with Gasteiger partial charge in [0.1, 0.15) is 16.7 Å². The molecule has 6 heteroatoms. The third-order valence-electron chi connectivity index (χ3n) is 3.48. The quantitative estimate of drug-likeness (QED) is 0.891. The van der Waals surface area contributed by atoms with Crippen molar-refractivity contribution in [2.75, 3.05) is 6.54 Å². The molecular formula is C13H17N3O2S. The Morgan fingerprint density at radius 3 is 2.68 bits per heavy atom. The molecule has 1 fully saturated rings. The summed E-state index contributed by atoms with van der Waals surface area (Å²) in [7, 11) is -3.50. The molecule has 1 aromatic rings. The molecule has 0 atom stereocenters. The zero-order valence-electron chi connectivity index (χ0n) is 10.7. The van der Waals surface area contributed by atoms with Crippen LogP contribution in [0.3, 0.4) is 0 Å². The molecule has 0 bridgehead atoms. The molecule has 5 nitrogen and oxygen atoms in total. The Labute approximate surface area is 113 Å². The smallest absolute Gasteiger partial charge is 0.242 e. The van der Waals surface area contributed by atoms with Crippen molar-refractivity contribution in [3.63, 3.8) is 0 Å². The van der Waals surface area contributed by atoms with Crippen molar-refractivity contribution < 1.29 is 8.42 Å².